The van der Waals surface area contributed by atoms with Gasteiger partial charge >= 0.3 is 6.09 Å². The predicted molar refractivity (Wildman–Crippen MR) is 130 cm³/mol. The van der Waals surface area contributed by atoms with E-state index in [0.29, 0.717) is 25.5 Å². The van der Waals surface area contributed by atoms with Gasteiger partial charge in [0, 0.05) is 18.9 Å². The molecular formula is C26H39N3O6. The van der Waals surface area contributed by atoms with Gasteiger partial charge in [0.15, 0.2) is 0 Å². The van der Waals surface area contributed by atoms with Crippen LogP contribution in [0.15, 0.2) is 25.3 Å². The second-order valence-corrected chi connectivity index (χ2v) is 10.0. The van der Waals surface area contributed by atoms with Gasteiger partial charge in [-0.1, -0.05) is 25.0 Å². The number of likely N-dealkylation sites (tertiary alicyclic amines) is 1. The average molecular weight is 490 g/mol. The summed E-state index contributed by atoms with van der Waals surface area (Å²) >= 11 is 0. The Bertz CT molecular complexity index is 811. The molecule has 0 spiro atoms. The number of allylic oxidation sites excluding steroid dienone is 1. The topological polar surface area (TPSA) is 125 Å². The van der Waals surface area contributed by atoms with Crippen molar-refractivity contribution in [1.82, 2.24) is 15.5 Å². The summed E-state index contributed by atoms with van der Waals surface area (Å²) in [5, 5.41) is 15.8. The number of carbonyl (C=O) groups is 4. The first-order valence-electron chi connectivity index (χ1n) is 12.8. The van der Waals surface area contributed by atoms with Gasteiger partial charge in [-0.3, -0.25) is 9.59 Å². The van der Waals surface area contributed by atoms with E-state index < -0.39 is 41.6 Å². The van der Waals surface area contributed by atoms with Crippen LogP contribution in [0.2, 0.25) is 0 Å². The van der Waals surface area contributed by atoms with E-state index in [0.717, 1.165) is 44.9 Å². The number of aliphatic hydroxyl groups excluding tert-OH is 1. The van der Waals surface area contributed by atoms with E-state index in [2.05, 4.69) is 23.8 Å². The Morgan fingerprint density at radius 1 is 1.17 bits per heavy atom. The van der Waals surface area contributed by atoms with Gasteiger partial charge in [0.25, 0.3) is 0 Å². The van der Waals surface area contributed by atoms with Crippen molar-refractivity contribution >= 4 is 24.2 Å². The number of β-amino-alcohol motifs (C(OH)–C–C–N with tert-alkyl or cyclic N) is 1. The molecule has 35 heavy (non-hydrogen) atoms. The first-order chi connectivity index (χ1) is 16.8. The molecule has 9 nitrogen and oxygen atoms in total. The lowest BCUT2D eigenvalue weighted by Gasteiger charge is -2.29. The van der Waals surface area contributed by atoms with E-state index in [-0.39, 0.29) is 25.0 Å². The van der Waals surface area contributed by atoms with Gasteiger partial charge in [-0.05, 0) is 51.4 Å². The van der Waals surface area contributed by atoms with Crippen LogP contribution in [0.5, 0.6) is 0 Å². The monoisotopic (exact) mass is 489 g/mol. The molecule has 1 aliphatic heterocycles. The number of hydrogen-bond donors (Lipinski definition) is 3. The van der Waals surface area contributed by atoms with Crippen molar-refractivity contribution in [3.05, 3.63) is 25.3 Å². The number of nitrogens with zero attached hydrogens (tertiary/aromatic N) is 1. The third-order valence-corrected chi connectivity index (χ3v) is 7.34. The summed E-state index contributed by atoms with van der Waals surface area (Å²) in [7, 11) is 0. The molecule has 0 bridgehead atoms. The Morgan fingerprint density at radius 3 is 2.54 bits per heavy atom. The van der Waals surface area contributed by atoms with Crippen molar-refractivity contribution in [2.45, 2.75) is 100 Å². The van der Waals surface area contributed by atoms with Gasteiger partial charge in [0.1, 0.15) is 30.0 Å². The number of aliphatic hydroxyl groups is 1. The number of rotatable bonds is 13. The second-order valence-electron chi connectivity index (χ2n) is 10.0. The van der Waals surface area contributed by atoms with Crippen molar-refractivity contribution in [3.63, 3.8) is 0 Å². The number of aldehydes is 1. The Labute approximate surface area is 207 Å². The Kier molecular flexibility index (Phi) is 9.48. The molecule has 1 heterocycles. The molecule has 3 unspecified atom stereocenters. The summed E-state index contributed by atoms with van der Waals surface area (Å²) < 4.78 is 5.50. The third-order valence-electron chi connectivity index (χ3n) is 7.34. The van der Waals surface area contributed by atoms with Crippen molar-refractivity contribution in [2.75, 3.05) is 6.54 Å². The van der Waals surface area contributed by atoms with E-state index in [1.54, 1.807) is 6.08 Å². The molecule has 0 aromatic carbocycles. The predicted octanol–water partition coefficient (Wildman–Crippen LogP) is 2.38. The molecule has 9 heteroatoms. The zero-order valence-corrected chi connectivity index (χ0v) is 20.5. The van der Waals surface area contributed by atoms with Gasteiger partial charge < -0.3 is 30.2 Å². The van der Waals surface area contributed by atoms with Crippen molar-refractivity contribution in [1.29, 1.82) is 0 Å². The summed E-state index contributed by atoms with van der Waals surface area (Å²) in [4.78, 5) is 52.1. The summed E-state index contributed by atoms with van der Waals surface area (Å²) in [6, 6.07) is -1.79. The van der Waals surface area contributed by atoms with Gasteiger partial charge in [0.2, 0.25) is 11.8 Å². The van der Waals surface area contributed by atoms with Crippen LogP contribution < -0.4 is 10.6 Å². The zero-order chi connectivity index (χ0) is 25.4. The molecule has 0 radical (unpaired) electrons. The average Bonchev–Trinajstić information content (AvgIpc) is 3.12. The molecule has 3 amide bonds. The fraction of sp³-hybridized carbons (Fsp3) is 0.692. The first-order valence-corrected chi connectivity index (χ1v) is 12.8. The number of amides is 3. The SMILES string of the molecule is C=CCCCCC[C@H](NC(=O)OC1CCCC1)C(=O)N1C[C@H](O)CC1C(=O)NC1(C=O)CC1C=C. The maximum absolute atomic E-state index is 13.5. The van der Waals surface area contributed by atoms with E-state index >= 15 is 0 Å². The number of ether oxygens (including phenoxy) is 1. The van der Waals surface area contributed by atoms with Gasteiger partial charge in [0.05, 0.1) is 6.10 Å². The fourth-order valence-electron chi connectivity index (χ4n) is 5.13. The smallest absolute Gasteiger partial charge is 0.408 e. The minimum absolute atomic E-state index is 0.0117. The first kappa shape index (κ1) is 26.9. The third kappa shape index (κ3) is 6.93. The number of alkyl carbamates (subject to hydrolysis) is 1. The standard InChI is InChI=1S/C26H39N3O6/c1-3-5-6-7-8-13-21(27-25(34)35-20-11-9-10-12-20)24(33)29-16-19(31)14-22(29)23(32)28-26(17-30)15-18(26)4-2/h3-4,17-22,31H,1-2,5-16H2,(H,27,34)(H,28,32)/t18?,19-,21+,22?,26?/m1/s1. The molecule has 1 saturated heterocycles. The van der Waals surface area contributed by atoms with Crippen LogP contribution in [0.3, 0.4) is 0 Å². The summed E-state index contributed by atoms with van der Waals surface area (Å²) in [5.41, 5.74) is -0.991. The Balaban J connectivity index is 1.66. The maximum Gasteiger partial charge on any atom is 0.408 e. The lowest BCUT2D eigenvalue weighted by molar-refractivity contribution is -0.140. The van der Waals surface area contributed by atoms with Crippen LogP contribution in [0, 0.1) is 5.92 Å². The molecule has 2 aliphatic carbocycles. The van der Waals surface area contributed by atoms with Crippen molar-refractivity contribution in [2.24, 2.45) is 5.92 Å². The molecule has 0 aromatic rings. The molecular weight excluding hydrogens is 450 g/mol. The quantitative estimate of drug-likeness (QED) is 0.207. The van der Waals surface area contributed by atoms with Crippen LogP contribution in [0.25, 0.3) is 0 Å². The van der Waals surface area contributed by atoms with Crippen molar-refractivity contribution < 1.29 is 29.0 Å². The molecule has 194 valence electrons. The van der Waals surface area contributed by atoms with Crippen LogP contribution in [0.1, 0.15) is 70.6 Å². The Morgan fingerprint density at radius 2 is 1.91 bits per heavy atom. The van der Waals surface area contributed by atoms with E-state index in [9.17, 15) is 24.3 Å². The zero-order valence-electron chi connectivity index (χ0n) is 20.5. The second kappa shape index (κ2) is 12.3. The van der Waals surface area contributed by atoms with E-state index in [1.807, 2.05) is 6.08 Å². The minimum atomic E-state index is -0.991. The van der Waals surface area contributed by atoms with Crippen LogP contribution in [-0.2, 0) is 19.1 Å². The highest BCUT2D eigenvalue weighted by atomic mass is 16.6. The fourth-order valence-corrected chi connectivity index (χ4v) is 5.13. The minimum Gasteiger partial charge on any atom is -0.446 e. The molecule has 3 aliphatic rings. The van der Waals surface area contributed by atoms with Crippen molar-refractivity contribution in [3.8, 4) is 0 Å². The molecule has 5 atom stereocenters. The molecule has 3 rings (SSSR count). The van der Waals surface area contributed by atoms with Gasteiger partial charge in [-0.25, -0.2) is 4.79 Å². The molecule has 0 aromatic heterocycles. The number of hydrogen-bond acceptors (Lipinski definition) is 6. The molecule has 2 saturated carbocycles. The van der Waals surface area contributed by atoms with E-state index in [4.69, 9.17) is 4.74 Å². The largest absolute Gasteiger partial charge is 0.446 e. The summed E-state index contributed by atoms with van der Waals surface area (Å²) in [6.07, 6.45) is 10.5. The maximum atomic E-state index is 13.5. The lowest BCUT2D eigenvalue weighted by atomic mass is 10.0. The summed E-state index contributed by atoms with van der Waals surface area (Å²) in [5.74, 6) is -1.05. The molecule has 3 fully saturated rings. The van der Waals surface area contributed by atoms with Crippen LogP contribution in [0.4, 0.5) is 4.79 Å². The van der Waals surface area contributed by atoms with E-state index in [1.165, 1.54) is 4.90 Å². The lowest BCUT2D eigenvalue weighted by Crippen LogP contribution is -2.55. The Hall–Kier alpha value is -2.68. The number of nitrogens with one attached hydrogen (secondary N) is 2. The highest BCUT2D eigenvalue weighted by Crippen LogP contribution is 2.42. The van der Waals surface area contributed by atoms with Crippen LogP contribution >= 0.6 is 0 Å². The normalized spacial score (nSPS) is 28.7. The highest BCUT2D eigenvalue weighted by Gasteiger charge is 2.55. The van der Waals surface area contributed by atoms with Gasteiger partial charge in [-0.15, -0.1) is 13.2 Å². The molecule has 3 N–H and O–H groups in total. The number of carbonyl (C=O) groups excluding carboxylic acids is 4. The highest BCUT2D eigenvalue weighted by molar-refractivity contribution is 5.94. The number of unbranched alkanes of at least 4 members (excludes halogenated alkanes) is 3. The summed E-state index contributed by atoms with van der Waals surface area (Å²) in [6.45, 7) is 7.39. The van der Waals surface area contributed by atoms with Crippen LogP contribution in [-0.4, -0.2) is 70.6 Å². The van der Waals surface area contributed by atoms with Gasteiger partial charge in [-0.2, -0.15) is 0 Å².